The third kappa shape index (κ3) is 4.37. The average molecular weight is 599 g/mol. The van der Waals surface area contributed by atoms with Crippen molar-refractivity contribution in [3.63, 3.8) is 0 Å². The minimum Gasteiger partial charge on any atom is -0.404 e. The van der Waals surface area contributed by atoms with Gasteiger partial charge < -0.3 is 4.43 Å². The van der Waals surface area contributed by atoms with E-state index >= 15 is 0 Å². The maximum absolute atomic E-state index is 12.7. The molecule has 0 spiro atoms. The number of fused-ring (bicyclic) bond motifs is 5. The van der Waals surface area contributed by atoms with Crippen molar-refractivity contribution in [1.29, 1.82) is 0 Å². The van der Waals surface area contributed by atoms with Gasteiger partial charge in [-0.2, -0.15) is 0 Å². The number of Topliss-reactive ketones (excluding diaryl/α,β-unsaturated/α-hetero) is 1. The Morgan fingerprint density at radius 3 is 1.81 bits per heavy atom. The van der Waals surface area contributed by atoms with Crippen LogP contribution in [0.25, 0.3) is 0 Å². The summed E-state index contributed by atoms with van der Waals surface area (Å²) in [6.07, 6.45) is 10.1. The van der Waals surface area contributed by atoms with Crippen molar-refractivity contribution >= 4 is 24.5 Å². The summed E-state index contributed by atoms with van der Waals surface area (Å²) < 4.78 is 7.92. The smallest absolute Gasteiger partial charge is 0.261 e. The summed E-state index contributed by atoms with van der Waals surface area (Å²) in [4.78, 5) is 12.7. The lowest BCUT2D eigenvalue weighted by atomic mass is 9.35. The highest BCUT2D eigenvalue weighted by molar-refractivity contribution is 6.99. The van der Waals surface area contributed by atoms with Crippen LogP contribution in [0, 0.1) is 45.3 Å². The summed E-state index contributed by atoms with van der Waals surface area (Å²) >= 11 is 0. The zero-order valence-electron chi connectivity index (χ0n) is 28.6. The Bertz CT molecular complexity index is 1290. The predicted molar refractivity (Wildman–Crippen MR) is 182 cm³/mol. The summed E-state index contributed by atoms with van der Waals surface area (Å²) in [7, 11) is -2.64. The number of ketones is 1. The van der Waals surface area contributed by atoms with E-state index in [0.29, 0.717) is 34.4 Å². The van der Waals surface area contributed by atoms with Crippen LogP contribution in [-0.2, 0) is 9.22 Å². The minimum absolute atomic E-state index is 0.0135. The van der Waals surface area contributed by atoms with E-state index in [1.165, 1.54) is 48.9 Å². The van der Waals surface area contributed by atoms with Gasteiger partial charge in [0, 0.05) is 5.92 Å². The van der Waals surface area contributed by atoms with Crippen molar-refractivity contribution in [3.8, 4) is 0 Å². The normalized spacial score (nSPS) is 39.0. The SMILES string of the molecule is CC(=O)[C@@H]1CC[C@]2(C)[C@@H]1CC[C@@H]1[C@@]3(C)CC[C@H](O[Si](c4ccccc4)(c4ccccc4)C(C)(C)C)C(C)(C)[C@@H]3CC[C@]12C. The quantitative estimate of drug-likeness (QED) is 0.321. The summed E-state index contributed by atoms with van der Waals surface area (Å²) in [5, 5.41) is 2.77. The molecule has 8 atom stereocenters. The Morgan fingerprint density at radius 2 is 1.28 bits per heavy atom. The van der Waals surface area contributed by atoms with Gasteiger partial charge in [0.15, 0.2) is 0 Å². The molecule has 234 valence electrons. The zero-order chi connectivity index (χ0) is 31.1. The van der Waals surface area contributed by atoms with E-state index in [1.54, 1.807) is 0 Å². The molecule has 0 heterocycles. The molecule has 0 radical (unpaired) electrons. The van der Waals surface area contributed by atoms with Crippen LogP contribution in [0.3, 0.4) is 0 Å². The van der Waals surface area contributed by atoms with Crippen molar-refractivity contribution in [2.45, 2.75) is 125 Å². The van der Waals surface area contributed by atoms with Crippen molar-refractivity contribution in [3.05, 3.63) is 60.7 Å². The van der Waals surface area contributed by atoms with E-state index in [2.05, 4.69) is 116 Å². The van der Waals surface area contributed by atoms with Gasteiger partial charge in [0.2, 0.25) is 0 Å². The molecule has 0 aliphatic heterocycles. The number of carbonyl (C=O) groups excluding carboxylic acids is 1. The number of hydrogen-bond donors (Lipinski definition) is 0. The molecule has 43 heavy (non-hydrogen) atoms. The van der Waals surface area contributed by atoms with Crippen LogP contribution in [0.15, 0.2) is 60.7 Å². The molecule has 0 amide bonds. The van der Waals surface area contributed by atoms with Gasteiger partial charge >= 0.3 is 0 Å². The molecule has 3 heteroatoms. The van der Waals surface area contributed by atoms with Crippen molar-refractivity contribution < 1.29 is 9.22 Å². The highest BCUT2D eigenvalue weighted by Gasteiger charge is 2.69. The van der Waals surface area contributed by atoms with Crippen molar-refractivity contribution in [1.82, 2.24) is 0 Å². The molecular formula is C40H58O2Si. The molecule has 4 saturated carbocycles. The maximum Gasteiger partial charge on any atom is 0.261 e. The van der Waals surface area contributed by atoms with Gasteiger partial charge in [-0.15, -0.1) is 0 Å². The lowest BCUT2D eigenvalue weighted by molar-refractivity contribution is -0.219. The van der Waals surface area contributed by atoms with Crippen LogP contribution in [0.4, 0.5) is 0 Å². The first-order chi connectivity index (χ1) is 20.1. The van der Waals surface area contributed by atoms with Crippen LogP contribution >= 0.6 is 0 Å². The fraction of sp³-hybridized carbons (Fsp3) is 0.675. The first kappa shape index (κ1) is 31.3. The van der Waals surface area contributed by atoms with Crippen LogP contribution in [0.2, 0.25) is 5.04 Å². The Balaban J connectivity index is 1.37. The first-order valence-electron chi connectivity index (χ1n) is 17.4. The van der Waals surface area contributed by atoms with Crippen LogP contribution < -0.4 is 10.4 Å². The second-order valence-corrected chi connectivity index (χ2v) is 21.8. The molecule has 0 unspecified atom stereocenters. The van der Waals surface area contributed by atoms with E-state index < -0.39 is 8.32 Å². The third-order valence-corrected chi connectivity index (χ3v) is 19.6. The standard InChI is InChI=1S/C40H58O2Si/c1-28(41)31-22-26-39(8)32(31)20-21-34-38(7)25-24-35(37(5,6)33(38)23-27-40(34,39)9)42-43(36(2,3)4,29-16-12-10-13-17-29)30-18-14-11-15-19-30/h10-19,31-35H,20-27H2,1-9H3/t31-,32+,33-,34+,35-,38-,39+,40+/m0/s1. The predicted octanol–water partition coefficient (Wildman–Crippen LogP) is 9.21. The largest absolute Gasteiger partial charge is 0.404 e. The average Bonchev–Trinajstić information content (AvgIpc) is 3.31. The lowest BCUT2D eigenvalue weighted by Crippen LogP contribution is -2.70. The Hall–Kier alpha value is -1.71. The molecule has 2 aromatic carbocycles. The molecule has 6 rings (SSSR count). The molecule has 0 saturated heterocycles. The number of benzene rings is 2. The Morgan fingerprint density at radius 1 is 0.721 bits per heavy atom. The van der Waals surface area contributed by atoms with Crippen LogP contribution in [0.1, 0.15) is 114 Å². The highest BCUT2D eigenvalue weighted by atomic mass is 28.4. The van der Waals surface area contributed by atoms with Gasteiger partial charge in [-0.25, -0.2) is 0 Å². The molecule has 0 N–H and O–H groups in total. The highest BCUT2D eigenvalue weighted by Crippen LogP contribution is 2.75. The molecule has 0 aromatic heterocycles. The number of rotatable bonds is 5. The molecule has 4 aliphatic carbocycles. The first-order valence-corrected chi connectivity index (χ1v) is 19.3. The van der Waals surface area contributed by atoms with Gasteiger partial charge in [0.25, 0.3) is 8.32 Å². The second-order valence-electron chi connectivity index (χ2n) is 17.6. The molecule has 4 fully saturated rings. The van der Waals surface area contributed by atoms with Gasteiger partial charge in [0.1, 0.15) is 5.78 Å². The number of carbonyl (C=O) groups is 1. The number of hydrogen-bond acceptors (Lipinski definition) is 2. The topological polar surface area (TPSA) is 26.3 Å². The summed E-state index contributed by atoms with van der Waals surface area (Å²) in [5.41, 5.74) is 0.987. The van der Waals surface area contributed by atoms with Gasteiger partial charge in [-0.1, -0.05) is 116 Å². The monoisotopic (exact) mass is 598 g/mol. The van der Waals surface area contributed by atoms with Gasteiger partial charge in [-0.05, 0) is 113 Å². The fourth-order valence-electron chi connectivity index (χ4n) is 12.3. The summed E-state index contributed by atoms with van der Waals surface area (Å²) in [5.74, 6) is 2.67. The fourth-order valence-corrected chi connectivity index (χ4v) is 17.2. The van der Waals surface area contributed by atoms with Crippen LogP contribution in [-0.4, -0.2) is 20.2 Å². The van der Waals surface area contributed by atoms with Crippen molar-refractivity contribution in [2.24, 2.45) is 45.3 Å². The maximum atomic E-state index is 12.7. The summed E-state index contributed by atoms with van der Waals surface area (Å²) in [6, 6.07) is 22.5. The second kappa shape index (κ2) is 10.4. The van der Waals surface area contributed by atoms with Crippen LogP contribution in [0.5, 0.6) is 0 Å². The van der Waals surface area contributed by atoms with Crippen molar-refractivity contribution in [2.75, 3.05) is 0 Å². The molecule has 4 aliphatic rings. The lowest BCUT2D eigenvalue weighted by Gasteiger charge is -2.70. The molecule has 0 bridgehead atoms. The summed E-state index contributed by atoms with van der Waals surface area (Å²) in [6.45, 7) is 22.2. The third-order valence-electron chi connectivity index (χ3n) is 14.6. The Kier molecular flexibility index (Phi) is 7.57. The van der Waals surface area contributed by atoms with Gasteiger partial charge in [-0.3, -0.25) is 4.79 Å². The van der Waals surface area contributed by atoms with E-state index in [4.69, 9.17) is 4.43 Å². The Labute approximate surface area is 263 Å². The van der Waals surface area contributed by atoms with E-state index in [0.717, 1.165) is 18.8 Å². The van der Waals surface area contributed by atoms with E-state index in [-0.39, 0.29) is 22.0 Å². The zero-order valence-corrected chi connectivity index (χ0v) is 29.6. The van der Waals surface area contributed by atoms with E-state index in [9.17, 15) is 4.79 Å². The minimum atomic E-state index is -2.64. The molecule has 2 aromatic rings. The molecule has 2 nitrogen and oxygen atoms in total. The van der Waals surface area contributed by atoms with E-state index in [1.807, 2.05) is 6.92 Å². The van der Waals surface area contributed by atoms with Gasteiger partial charge in [0.05, 0.1) is 6.10 Å². The molecular weight excluding hydrogens is 541 g/mol.